The van der Waals surface area contributed by atoms with Crippen LogP contribution in [0, 0.1) is 0 Å². The maximum absolute atomic E-state index is 12.2. The van der Waals surface area contributed by atoms with Crippen molar-refractivity contribution in [2.45, 2.75) is 13.0 Å². The van der Waals surface area contributed by atoms with Gasteiger partial charge in [0.2, 0.25) is 15.9 Å². The van der Waals surface area contributed by atoms with Gasteiger partial charge in [-0.25, -0.2) is 8.42 Å². The minimum atomic E-state index is -3.43. The number of methoxy groups -OCH3 is 1. The molecule has 0 radical (unpaired) electrons. The Morgan fingerprint density at radius 3 is 2.58 bits per heavy atom. The van der Waals surface area contributed by atoms with Crippen LogP contribution >= 0.6 is 0 Å². The first-order chi connectivity index (χ1) is 11.4. The molecule has 0 atom stereocenters. The van der Waals surface area contributed by atoms with E-state index in [2.05, 4.69) is 0 Å². The first-order valence-electron chi connectivity index (χ1n) is 7.84. The number of ether oxygens (including phenoxy) is 2. The van der Waals surface area contributed by atoms with Gasteiger partial charge in [0.25, 0.3) is 0 Å². The molecular formula is C16H24N2O5S. The zero-order valence-corrected chi connectivity index (χ0v) is 14.9. The molecule has 0 aromatic heterocycles. The zero-order chi connectivity index (χ0) is 17.6. The fourth-order valence-electron chi connectivity index (χ4n) is 2.58. The van der Waals surface area contributed by atoms with Gasteiger partial charge < -0.3 is 14.4 Å². The number of sulfonamides is 1. The van der Waals surface area contributed by atoms with Crippen LogP contribution in [-0.2, 0) is 26.1 Å². The molecule has 0 spiro atoms. The number of hydrogen-bond donors (Lipinski definition) is 0. The van der Waals surface area contributed by atoms with Gasteiger partial charge in [0.05, 0.1) is 26.6 Å². The summed E-state index contributed by atoms with van der Waals surface area (Å²) < 4.78 is 35.9. The van der Waals surface area contributed by atoms with E-state index in [-0.39, 0.29) is 25.4 Å². The second kappa shape index (κ2) is 8.46. The van der Waals surface area contributed by atoms with E-state index >= 15 is 0 Å². The number of carbonyl (C=O) groups excluding carboxylic acids is 1. The first kappa shape index (κ1) is 18.7. The number of morpholine rings is 1. The topological polar surface area (TPSA) is 76.2 Å². The molecule has 1 heterocycles. The lowest BCUT2D eigenvalue weighted by molar-refractivity contribution is -0.135. The van der Waals surface area contributed by atoms with Crippen molar-refractivity contribution >= 4 is 15.9 Å². The van der Waals surface area contributed by atoms with Gasteiger partial charge in [-0.15, -0.1) is 0 Å². The van der Waals surface area contributed by atoms with Crippen molar-refractivity contribution in [1.29, 1.82) is 0 Å². The highest BCUT2D eigenvalue weighted by Crippen LogP contribution is 2.20. The first-order valence-corrected chi connectivity index (χ1v) is 9.69. The van der Waals surface area contributed by atoms with E-state index in [1.165, 1.54) is 4.31 Å². The molecule has 0 bridgehead atoms. The van der Waals surface area contributed by atoms with Gasteiger partial charge in [0.1, 0.15) is 5.75 Å². The molecule has 0 unspecified atom stereocenters. The number of benzene rings is 1. The molecule has 1 aromatic carbocycles. The molecule has 1 aliphatic heterocycles. The van der Waals surface area contributed by atoms with Gasteiger partial charge in [0, 0.05) is 38.2 Å². The number of hydrogen-bond acceptors (Lipinski definition) is 5. The predicted octanol–water partition coefficient (Wildman–Crippen LogP) is 0.706. The number of amides is 1. The number of para-hydroxylation sites is 1. The van der Waals surface area contributed by atoms with Crippen molar-refractivity contribution in [2.24, 2.45) is 0 Å². The van der Waals surface area contributed by atoms with Crippen LogP contribution < -0.4 is 4.74 Å². The highest BCUT2D eigenvalue weighted by molar-refractivity contribution is 7.88. The number of nitrogens with zero attached hydrogens (tertiary/aromatic N) is 2. The molecular weight excluding hydrogens is 332 g/mol. The third kappa shape index (κ3) is 5.19. The summed E-state index contributed by atoms with van der Waals surface area (Å²) in [6, 6.07) is 7.27. The lowest BCUT2D eigenvalue weighted by Crippen LogP contribution is -2.42. The Hall–Kier alpha value is -1.64. The molecule has 7 nitrogen and oxygen atoms in total. The molecule has 24 heavy (non-hydrogen) atoms. The normalized spacial score (nSPS) is 15.5. The van der Waals surface area contributed by atoms with Gasteiger partial charge in [-0.05, 0) is 6.07 Å². The van der Waals surface area contributed by atoms with E-state index in [4.69, 9.17) is 9.47 Å². The fourth-order valence-corrected chi connectivity index (χ4v) is 3.37. The maximum atomic E-state index is 12.2. The van der Waals surface area contributed by atoms with Gasteiger partial charge in [-0.3, -0.25) is 4.79 Å². The largest absolute Gasteiger partial charge is 0.496 e. The Morgan fingerprint density at radius 2 is 1.96 bits per heavy atom. The van der Waals surface area contributed by atoms with Crippen molar-refractivity contribution in [3.63, 3.8) is 0 Å². The second-order valence-corrected chi connectivity index (χ2v) is 7.63. The maximum Gasteiger partial charge on any atom is 0.224 e. The van der Waals surface area contributed by atoms with Gasteiger partial charge in [0.15, 0.2) is 0 Å². The summed E-state index contributed by atoms with van der Waals surface area (Å²) in [7, 11) is -1.88. The van der Waals surface area contributed by atoms with Crippen LogP contribution in [0.1, 0.15) is 12.0 Å². The van der Waals surface area contributed by atoms with Crippen molar-refractivity contribution in [1.82, 2.24) is 9.21 Å². The highest BCUT2D eigenvalue weighted by atomic mass is 32.2. The third-order valence-electron chi connectivity index (χ3n) is 3.95. The molecule has 8 heteroatoms. The molecule has 134 valence electrons. The minimum absolute atomic E-state index is 0.0491. The van der Waals surface area contributed by atoms with Crippen LogP contribution in [0.3, 0.4) is 0 Å². The van der Waals surface area contributed by atoms with E-state index < -0.39 is 10.0 Å². The minimum Gasteiger partial charge on any atom is -0.496 e. The molecule has 1 aliphatic rings. The SMILES string of the molecule is COc1ccccc1CN(CCC(=O)N1CCOCC1)S(C)(=O)=O. The monoisotopic (exact) mass is 356 g/mol. The van der Waals surface area contributed by atoms with Crippen LogP contribution in [0.25, 0.3) is 0 Å². The van der Waals surface area contributed by atoms with Crippen LogP contribution in [0.2, 0.25) is 0 Å². The summed E-state index contributed by atoms with van der Waals surface area (Å²) in [5, 5.41) is 0. The molecule has 1 saturated heterocycles. The standard InChI is InChI=1S/C16H24N2O5S/c1-22-15-6-4-3-5-14(15)13-18(24(2,20)21)8-7-16(19)17-9-11-23-12-10-17/h3-6H,7-13H2,1-2H3. The summed E-state index contributed by atoms with van der Waals surface area (Å²) in [4.78, 5) is 13.9. The number of rotatable bonds is 7. The summed E-state index contributed by atoms with van der Waals surface area (Å²) in [6.45, 7) is 2.51. The lowest BCUT2D eigenvalue weighted by atomic mass is 10.2. The molecule has 2 rings (SSSR count). The van der Waals surface area contributed by atoms with Crippen LogP contribution in [0.15, 0.2) is 24.3 Å². The Labute approximate surface area is 143 Å². The molecule has 0 aliphatic carbocycles. The molecule has 0 saturated carbocycles. The average molecular weight is 356 g/mol. The highest BCUT2D eigenvalue weighted by Gasteiger charge is 2.22. The van der Waals surface area contributed by atoms with Gasteiger partial charge in [-0.1, -0.05) is 18.2 Å². The summed E-state index contributed by atoms with van der Waals surface area (Å²) in [5.41, 5.74) is 0.768. The second-order valence-electron chi connectivity index (χ2n) is 5.65. The van der Waals surface area contributed by atoms with Gasteiger partial charge in [-0.2, -0.15) is 4.31 Å². The van der Waals surface area contributed by atoms with Crippen LogP contribution in [0.4, 0.5) is 0 Å². The van der Waals surface area contributed by atoms with Crippen molar-refractivity contribution in [3.05, 3.63) is 29.8 Å². The average Bonchev–Trinajstić information content (AvgIpc) is 2.58. The van der Waals surface area contributed by atoms with Crippen LogP contribution in [0.5, 0.6) is 5.75 Å². The van der Waals surface area contributed by atoms with E-state index in [0.717, 1.165) is 11.8 Å². The van der Waals surface area contributed by atoms with Crippen molar-refractivity contribution in [2.75, 3.05) is 46.2 Å². The number of carbonyl (C=O) groups is 1. The van der Waals surface area contributed by atoms with E-state index in [9.17, 15) is 13.2 Å². The quantitative estimate of drug-likeness (QED) is 0.719. The Balaban J connectivity index is 2.02. The van der Waals surface area contributed by atoms with Crippen LogP contribution in [-0.4, -0.2) is 69.7 Å². The Kier molecular flexibility index (Phi) is 6.59. The summed E-state index contributed by atoms with van der Waals surface area (Å²) in [6.07, 6.45) is 1.31. The van der Waals surface area contributed by atoms with Crippen molar-refractivity contribution < 1.29 is 22.7 Å². The van der Waals surface area contributed by atoms with Gasteiger partial charge >= 0.3 is 0 Å². The fraction of sp³-hybridized carbons (Fsp3) is 0.562. The van der Waals surface area contributed by atoms with E-state index in [1.54, 1.807) is 18.1 Å². The molecule has 1 fully saturated rings. The van der Waals surface area contributed by atoms with Crippen molar-refractivity contribution in [3.8, 4) is 5.75 Å². The molecule has 1 amide bonds. The molecule has 1 aromatic rings. The Bertz CT molecular complexity index is 656. The lowest BCUT2D eigenvalue weighted by Gasteiger charge is -2.28. The zero-order valence-electron chi connectivity index (χ0n) is 14.1. The smallest absolute Gasteiger partial charge is 0.224 e. The van der Waals surface area contributed by atoms with E-state index in [0.29, 0.717) is 32.1 Å². The summed E-state index contributed by atoms with van der Waals surface area (Å²) >= 11 is 0. The predicted molar refractivity (Wildman–Crippen MR) is 90.3 cm³/mol. The molecule has 0 N–H and O–H groups in total. The third-order valence-corrected chi connectivity index (χ3v) is 5.20. The van der Waals surface area contributed by atoms with E-state index in [1.807, 2.05) is 18.2 Å². The summed E-state index contributed by atoms with van der Waals surface area (Å²) in [5.74, 6) is 0.581. The Morgan fingerprint density at radius 1 is 1.29 bits per heavy atom.